The van der Waals surface area contributed by atoms with Gasteiger partial charge in [0.1, 0.15) is 11.6 Å². The van der Waals surface area contributed by atoms with Gasteiger partial charge in [-0.15, -0.1) is 0 Å². The van der Waals surface area contributed by atoms with Crippen molar-refractivity contribution in [2.45, 2.75) is 13.5 Å². The zero-order valence-electron chi connectivity index (χ0n) is 13.7. The fraction of sp³-hybridized carbons (Fsp3) is 0.222. The zero-order valence-corrected chi connectivity index (χ0v) is 14.4. The molecule has 130 valence electrons. The zero-order chi connectivity index (χ0) is 18.0. The van der Waals surface area contributed by atoms with Crippen molar-refractivity contribution in [1.29, 1.82) is 0 Å². The van der Waals surface area contributed by atoms with E-state index in [1.165, 1.54) is 12.1 Å². The predicted molar refractivity (Wildman–Crippen MR) is 97.3 cm³/mol. The Hall–Kier alpha value is -2.60. The van der Waals surface area contributed by atoms with Gasteiger partial charge in [0.05, 0.1) is 23.8 Å². The second kappa shape index (κ2) is 7.11. The molecule has 3 N–H and O–H groups in total. The van der Waals surface area contributed by atoms with Crippen molar-refractivity contribution >= 4 is 23.3 Å². The van der Waals surface area contributed by atoms with Crippen molar-refractivity contribution in [3.05, 3.63) is 64.4 Å². The minimum Gasteiger partial charge on any atom is -0.506 e. The number of phenols is 1. The van der Waals surface area contributed by atoms with Crippen molar-refractivity contribution in [3.8, 4) is 5.75 Å². The Morgan fingerprint density at radius 3 is 2.80 bits per heavy atom. The largest absolute Gasteiger partial charge is 0.506 e. The summed E-state index contributed by atoms with van der Waals surface area (Å²) in [5, 5.41) is 16.5. The molecule has 1 heterocycles. The number of halogens is 2. The van der Waals surface area contributed by atoms with E-state index < -0.39 is 0 Å². The molecular weight excluding hydrogens is 343 g/mol. The second-order valence-electron chi connectivity index (χ2n) is 5.91. The molecule has 0 aromatic heterocycles. The minimum absolute atomic E-state index is 0.0124. The molecule has 2 aromatic rings. The number of aromatic hydroxyl groups is 1. The van der Waals surface area contributed by atoms with Gasteiger partial charge < -0.3 is 10.8 Å². The van der Waals surface area contributed by atoms with Gasteiger partial charge in [-0.2, -0.15) is 5.10 Å². The summed E-state index contributed by atoms with van der Waals surface area (Å²) >= 11 is 5.97. The van der Waals surface area contributed by atoms with E-state index >= 15 is 0 Å². The average molecular weight is 361 g/mol. The van der Waals surface area contributed by atoms with Gasteiger partial charge in [0.2, 0.25) is 5.96 Å². The summed E-state index contributed by atoms with van der Waals surface area (Å²) in [6.07, 6.45) is 0. The van der Waals surface area contributed by atoms with Crippen LogP contribution >= 0.6 is 11.6 Å². The SMILES string of the molecule is CC1CN(C(N)=NCc2ccc(F)cc2)N=C1c1cccc(Cl)c1O. The summed E-state index contributed by atoms with van der Waals surface area (Å²) in [7, 11) is 0. The molecule has 1 aliphatic rings. The first-order chi connectivity index (χ1) is 12.0. The van der Waals surface area contributed by atoms with Gasteiger partial charge in [-0.3, -0.25) is 0 Å². The van der Waals surface area contributed by atoms with Crippen LogP contribution in [0.3, 0.4) is 0 Å². The highest BCUT2D eigenvalue weighted by atomic mass is 35.5. The Bertz CT molecular complexity index is 835. The monoisotopic (exact) mass is 360 g/mol. The highest BCUT2D eigenvalue weighted by Crippen LogP contribution is 2.31. The van der Waals surface area contributed by atoms with Crippen molar-refractivity contribution in [1.82, 2.24) is 5.01 Å². The Morgan fingerprint density at radius 2 is 2.08 bits per heavy atom. The number of nitrogens with two attached hydrogens (primary N) is 1. The van der Waals surface area contributed by atoms with Crippen molar-refractivity contribution < 1.29 is 9.50 Å². The van der Waals surface area contributed by atoms with E-state index in [-0.39, 0.29) is 28.5 Å². The van der Waals surface area contributed by atoms with Crippen LogP contribution < -0.4 is 5.73 Å². The van der Waals surface area contributed by atoms with Crippen LogP contribution in [0.25, 0.3) is 0 Å². The van der Waals surface area contributed by atoms with Gasteiger partial charge in [-0.1, -0.05) is 36.7 Å². The fourth-order valence-electron chi connectivity index (χ4n) is 2.65. The van der Waals surface area contributed by atoms with Gasteiger partial charge in [0.15, 0.2) is 0 Å². The van der Waals surface area contributed by atoms with E-state index in [9.17, 15) is 9.50 Å². The lowest BCUT2D eigenvalue weighted by atomic mass is 9.99. The van der Waals surface area contributed by atoms with E-state index in [4.69, 9.17) is 17.3 Å². The lowest BCUT2D eigenvalue weighted by Gasteiger charge is -2.13. The smallest absolute Gasteiger partial charge is 0.212 e. The summed E-state index contributed by atoms with van der Waals surface area (Å²) < 4.78 is 12.9. The highest BCUT2D eigenvalue weighted by molar-refractivity contribution is 6.32. The van der Waals surface area contributed by atoms with E-state index in [2.05, 4.69) is 10.1 Å². The van der Waals surface area contributed by atoms with Crippen LogP contribution in [0.5, 0.6) is 5.75 Å². The van der Waals surface area contributed by atoms with Crippen LogP contribution in [0.1, 0.15) is 18.1 Å². The molecular formula is C18H18ClFN4O. The van der Waals surface area contributed by atoms with Gasteiger partial charge in [0, 0.05) is 11.5 Å². The van der Waals surface area contributed by atoms with Crippen molar-refractivity contribution in [2.75, 3.05) is 6.54 Å². The average Bonchev–Trinajstić information content (AvgIpc) is 2.98. The molecule has 3 rings (SSSR count). The van der Waals surface area contributed by atoms with Crippen LogP contribution in [0.4, 0.5) is 4.39 Å². The van der Waals surface area contributed by atoms with Gasteiger partial charge >= 0.3 is 0 Å². The maximum absolute atomic E-state index is 12.9. The second-order valence-corrected chi connectivity index (χ2v) is 6.31. The molecule has 5 nitrogen and oxygen atoms in total. The summed E-state index contributed by atoms with van der Waals surface area (Å²) in [6, 6.07) is 11.3. The number of benzene rings is 2. The summed E-state index contributed by atoms with van der Waals surface area (Å²) in [6.45, 7) is 2.89. The van der Waals surface area contributed by atoms with E-state index in [0.717, 1.165) is 5.56 Å². The number of aliphatic imine (C=N–C) groups is 1. The number of hydrazone groups is 1. The fourth-order valence-corrected chi connectivity index (χ4v) is 2.82. The lowest BCUT2D eigenvalue weighted by Crippen LogP contribution is -2.32. The Morgan fingerprint density at radius 1 is 1.36 bits per heavy atom. The Kier molecular flexibility index (Phi) is 4.90. The molecule has 0 aliphatic carbocycles. The summed E-state index contributed by atoms with van der Waals surface area (Å²) in [5.74, 6) is 0.0553. The molecule has 1 unspecified atom stereocenters. The minimum atomic E-state index is -0.287. The number of rotatable bonds is 3. The number of nitrogens with zero attached hydrogens (tertiary/aromatic N) is 3. The maximum Gasteiger partial charge on any atom is 0.212 e. The van der Waals surface area contributed by atoms with Gasteiger partial charge in [-0.25, -0.2) is 14.4 Å². The third kappa shape index (κ3) is 3.74. The number of guanidine groups is 1. The quantitative estimate of drug-likeness (QED) is 0.651. The van der Waals surface area contributed by atoms with Crippen LogP contribution in [-0.4, -0.2) is 28.3 Å². The maximum atomic E-state index is 12.9. The normalized spacial score (nSPS) is 17.7. The van der Waals surface area contributed by atoms with E-state index in [0.29, 0.717) is 24.4 Å². The lowest BCUT2D eigenvalue weighted by molar-refractivity contribution is 0.449. The molecule has 0 bridgehead atoms. The van der Waals surface area contributed by atoms with Gasteiger partial charge in [0.25, 0.3) is 0 Å². The third-order valence-corrected chi connectivity index (χ3v) is 4.31. The number of hydrogen-bond donors (Lipinski definition) is 2. The molecule has 0 fully saturated rings. The van der Waals surface area contributed by atoms with Crippen LogP contribution in [0.15, 0.2) is 52.6 Å². The van der Waals surface area contributed by atoms with Crippen LogP contribution in [0, 0.1) is 11.7 Å². The first-order valence-electron chi connectivity index (χ1n) is 7.84. The number of hydrogen-bond acceptors (Lipinski definition) is 3. The third-order valence-electron chi connectivity index (χ3n) is 4.01. The van der Waals surface area contributed by atoms with Gasteiger partial charge in [-0.05, 0) is 29.8 Å². The van der Waals surface area contributed by atoms with Crippen molar-refractivity contribution in [2.24, 2.45) is 21.7 Å². The predicted octanol–water partition coefficient (Wildman–Crippen LogP) is 3.36. The Balaban J connectivity index is 1.79. The topological polar surface area (TPSA) is 74.2 Å². The molecule has 25 heavy (non-hydrogen) atoms. The first-order valence-corrected chi connectivity index (χ1v) is 8.21. The summed E-state index contributed by atoms with van der Waals surface area (Å²) in [4.78, 5) is 4.31. The first kappa shape index (κ1) is 17.2. The summed E-state index contributed by atoms with van der Waals surface area (Å²) in [5.41, 5.74) is 8.19. The molecule has 7 heteroatoms. The molecule has 0 spiro atoms. The van der Waals surface area contributed by atoms with Crippen molar-refractivity contribution in [3.63, 3.8) is 0 Å². The molecule has 1 aliphatic heterocycles. The van der Waals surface area contributed by atoms with Crippen LogP contribution in [0.2, 0.25) is 5.02 Å². The number of phenolic OH excluding ortho intramolecular Hbond substituents is 1. The molecule has 0 saturated carbocycles. The number of para-hydroxylation sites is 1. The van der Waals surface area contributed by atoms with E-state index in [1.807, 2.05) is 6.92 Å². The highest BCUT2D eigenvalue weighted by Gasteiger charge is 2.28. The standard InChI is InChI=1S/C18H18ClFN4O/c1-11-10-24(18(21)22-9-12-5-7-13(20)8-6-12)23-16(11)14-3-2-4-15(19)17(14)25/h2-8,11,25H,9-10H2,1H3,(H2,21,22). The molecule has 1 atom stereocenters. The molecule has 2 aromatic carbocycles. The van der Waals surface area contributed by atoms with Crippen LogP contribution in [-0.2, 0) is 6.54 Å². The van der Waals surface area contributed by atoms with E-state index in [1.54, 1.807) is 35.3 Å². The molecule has 0 amide bonds. The molecule has 0 radical (unpaired) electrons. The molecule has 0 saturated heterocycles. The Labute approximate surface area is 150 Å².